The van der Waals surface area contributed by atoms with Crippen LogP contribution < -0.4 is 0 Å². The first-order chi connectivity index (χ1) is 16.6. The van der Waals surface area contributed by atoms with Crippen LogP contribution in [0.3, 0.4) is 0 Å². The van der Waals surface area contributed by atoms with Crippen molar-refractivity contribution in [3.8, 4) is 0 Å². The van der Waals surface area contributed by atoms with Gasteiger partial charge in [-0.15, -0.1) is 0 Å². The van der Waals surface area contributed by atoms with Gasteiger partial charge in [0.05, 0.1) is 22.5 Å². The number of alkyl halides is 3. The minimum Gasteiger partial charge on any atom is -0.390 e. The Labute approximate surface area is 209 Å². The smallest absolute Gasteiger partial charge is 0.390 e. The number of nitrogens with zero attached hydrogens (tertiary/aromatic N) is 1. The first-order valence-corrected chi connectivity index (χ1v) is 13.5. The molecule has 1 heterocycles. The number of carbonyl (C=O) groups is 2. The minimum absolute atomic E-state index is 0.0174. The van der Waals surface area contributed by atoms with Crippen molar-refractivity contribution in [2.75, 3.05) is 19.3 Å². The second-order valence-electron chi connectivity index (χ2n) is 9.92. The Kier molecular flexibility index (Phi) is 8.00. The van der Waals surface area contributed by atoms with Gasteiger partial charge in [-0.2, -0.15) is 13.2 Å². The average molecular weight is 526 g/mol. The number of carbonyl (C=O) groups excluding carboxylic acids is 2. The van der Waals surface area contributed by atoms with Crippen LogP contribution in [-0.4, -0.2) is 55.1 Å². The zero-order valence-electron chi connectivity index (χ0n) is 20.4. The van der Waals surface area contributed by atoms with Crippen molar-refractivity contribution in [2.24, 2.45) is 5.92 Å². The molecule has 0 aromatic heterocycles. The van der Waals surface area contributed by atoms with Gasteiger partial charge in [0.25, 0.3) is 0 Å². The van der Waals surface area contributed by atoms with Crippen LogP contribution in [0.1, 0.15) is 60.2 Å². The predicted octanol–water partition coefficient (Wildman–Crippen LogP) is 4.28. The van der Waals surface area contributed by atoms with E-state index in [0.29, 0.717) is 38.3 Å². The predicted molar refractivity (Wildman–Crippen MR) is 128 cm³/mol. The Morgan fingerprint density at radius 3 is 2.11 bits per heavy atom. The van der Waals surface area contributed by atoms with E-state index in [9.17, 15) is 36.3 Å². The summed E-state index contributed by atoms with van der Waals surface area (Å²) in [6.07, 6.45) is -2.64. The molecule has 1 N–H and O–H groups in total. The van der Waals surface area contributed by atoms with Crippen LogP contribution in [0.2, 0.25) is 0 Å². The highest BCUT2D eigenvalue weighted by molar-refractivity contribution is 7.90. The molecule has 2 aromatic rings. The number of likely N-dealkylation sites (tertiary alicyclic amines) is 1. The molecule has 3 rings (SSSR count). The second kappa shape index (κ2) is 10.3. The zero-order chi connectivity index (χ0) is 26.9. The third-order valence-corrected chi connectivity index (χ3v) is 7.45. The summed E-state index contributed by atoms with van der Waals surface area (Å²) in [6.45, 7) is 4.61. The van der Waals surface area contributed by atoms with E-state index in [4.69, 9.17) is 0 Å². The van der Waals surface area contributed by atoms with E-state index in [0.717, 1.165) is 18.4 Å². The van der Waals surface area contributed by atoms with Crippen molar-refractivity contribution < 1.29 is 36.3 Å². The molecule has 1 fully saturated rings. The molecule has 1 amide bonds. The zero-order valence-corrected chi connectivity index (χ0v) is 21.2. The number of benzene rings is 2. The fourth-order valence-electron chi connectivity index (χ4n) is 4.53. The van der Waals surface area contributed by atoms with Gasteiger partial charge in [-0.3, -0.25) is 9.59 Å². The monoisotopic (exact) mass is 525 g/mol. The van der Waals surface area contributed by atoms with E-state index >= 15 is 0 Å². The molecule has 1 aliphatic heterocycles. The highest BCUT2D eigenvalue weighted by atomic mass is 32.2. The van der Waals surface area contributed by atoms with E-state index in [1.54, 1.807) is 0 Å². The number of amides is 1. The topological polar surface area (TPSA) is 91.8 Å². The molecule has 36 heavy (non-hydrogen) atoms. The maximum atomic E-state index is 13.6. The van der Waals surface area contributed by atoms with Crippen molar-refractivity contribution in [3.05, 3.63) is 64.7 Å². The summed E-state index contributed by atoms with van der Waals surface area (Å²) in [4.78, 5) is 27.3. The van der Waals surface area contributed by atoms with Gasteiger partial charge < -0.3 is 10.0 Å². The third-order valence-electron chi connectivity index (χ3n) is 6.32. The number of hydrogen-bond acceptors (Lipinski definition) is 5. The number of piperidine rings is 1. The number of hydrogen-bond donors (Lipinski definition) is 1. The van der Waals surface area contributed by atoms with Crippen LogP contribution in [0, 0.1) is 5.92 Å². The molecular formula is C26H30F3NO5S. The standard InChI is InChI=1S/C26H30F3NO5S/c1-17(2)16-25(33)8-10-30(11-9-25)23(31)14-18-12-20(15-21(13-18)26(27,28)29)24(32)19-4-6-22(7-5-19)36(3,34)35/h4-7,12-13,15,17,33H,8-11,14,16H2,1-3H3. The Hall–Kier alpha value is -2.72. The van der Waals surface area contributed by atoms with E-state index < -0.39 is 33.0 Å². The summed E-state index contributed by atoms with van der Waals surface area (Å²) >= 11 is 0. The first-order valence-electron chi connectivity index (χ1n) is 11.6. The largest absolute Gasteiger partial charge is 0.416 e. The molecule has 0 saturated carbocycles. The Bertz CT molecular complexity index is 1230. The summed E-state index contributed by atoms with van der Waals surface area (Å²) < 4.78 is 64.0. The van der Waals surface area contributed by atoms with Gasteiger partial charge in [-0.05, 0) is 73.2 Å². The van der Waals surface area contributed by atoms with Crippen LogP contribution >= 0.6 is 0 Å². The highest BCUT2D eigenvalue weighted by Gasteiger charge is 2.35. The van der Waals surface area contributed by atoms with Gasteiger partial charge in [-0.1, -0.05) is 13.8 Å². The lowest BCUT2D eigenvalue weighted by molar-refractivity contribution is -0.138. The molecule has 2 aromatic carbocycles. The molecule has 1 saturated heterocycles. The van der Waals surface area contributed by atoms with Crippen molar-refractivity contribution >= 4 is 21.5 Å². The number of halogens is 3. The summed E-state index contributed by atoms with van der Waals surface area (Å²) in [6, 6.07) is 7.79. The van der Waals surface area contributed by atoms with Crippen molar-refractivity contribution in [3.63, 3.8) is 0 Å². The number of ketones is 1. The average Bonchev–Trinajstić information content (AvgIpc) is 2.77. The van der Waals surface area contributed by atoms with E-state index in [1.807, 2.05) is 13.8 Å². The maximum absolute atomic E-state index is 13.6. The summed E-state index contributed by atoms with van der Waals surface area (Å²) in [5.41, 5.74) is -2.07. The van der Waals surface area contributed by atoms with Crippen molar-refractivity contribution in [2.45, 2.75) is 56.2 Å². The molecular weight excluding hydrogens is 495 g/mol. The number of sulfone groups is 1. The molecule has 0 spiro atoms. The van der Waals surface area contributed by atoms with Crippen LogP contribution in [0.4, 0.5) is 13.2 Å². The van der Waals surface area contributed by atoms with Gasteiger partial charge >= 0.3 is 6.18 Å². The summed E-state index contributed by atoms with van der Waals surface area (Å²) in [5.74, 6) is -0.802. The van der Waals surface area contributed by atoms with Crippen LogP contribution in [0.5, 0.6) is 0 Å². The normalized spacial score (nSPS) is 16.3. The molecule has 1 aliphatic rings. The fourth-order valence-corrected chi connectivity index (χ4v) is 5.16. The third kappa shape index (κ3) is 6.94. The van der Waals surface area contributed by atoms with Crippen molar-refractivity contribution in [1.82, 2.24) is 4.90 Å². The minimum atomic E-state index is -4.73. The van der Waals surface area contributed by atoms with E-state index in [2.05, 4.69) is 0 Å². The highest BCUT2D eigenvalue weighted by Crippen LogP contribution is 2.32. The molecule has 0 radical (unpaired) electrons. The van der Waals surface area contributed by atoms with Crippen LogP contribution in [0.25, 0.3) is 0 Å². The lowest BCUT2D eigenvalue weighted by atomic mass is 9.84. The quantitative estimate of drug-likeness (QED) is 0.545. The fraction of sp³-hybridized carbons (Fsp3) is 0.462. The Morgan fingerprint density at radius 2 is 1.61 bits per heavy atom. The Morgan fingerprint density at radius 1 is 1.03 bits per heavy atom. The SMILES string of the molecule is CC(C)CC1(O)CCN(C(=O)Cc2cc(C(=O)c3ccc(S(C)(=O)=O)cc3)cc(C(F)(F)F)c2)CC1. The first kappa shape index (κ1) is 27.9. The molecule has 196 valence electrons. The second-order valence-corrected chi connectivity index (χ2v) is 11.9. The molecule has 10 heteroatoms. The van der Waals surface area contributed by atoms with Crippen molar-refractivity contribution in [1.29, 1.82) is 0 Å². The number of aliphatic hydroxyl groups is 1. The van der Waals surface area contributed by atoms with Gasteiger partial charge in [0, 0.05) is 30.5 Å². The van der Waals surface area contributed by atoms with Crippen LogP contribution in [0.15, 0.2) is 47.4 Å². The molecule has 0 bridgehead atoms. The summed E-state index contributed by atoms with van der Waals surface area (Å²) in [7, 11) is -3.50. The maximum Gasteiger partial charge on any atom is 0.416 e. The molecule has 0 aliphatic carbocycles. The molecule has 0 unspecified atom stereocenters. The lowest BCUT2D eigenvalue weighted by Crippen LogP contribution is -2.47. The van der Waals surface area contributed by atoms with Gasteiger partial charge in [-0.25, -0.2) is 8.42 Å². The van der Waals surface area contributed by atoms with E-state index in [-0.39, 0.29) is 33.9 Å². The van der Waals surface area contributed by atoms with E-state index in [1.165, 1.54) is 35.2 Å². The Balaban J connectivity index is 1.82. The molecule has 0 atom stereocenters. The van der Waals surface area contributed by atoms with Gasteiger partial charge in [0.1, 0.15) is 0 Å². The molecule has 6 nitrogen and oxygen atoms in total. The van der Waals surface area contributed by atoms with Gasteiger partial charge in [0.15, 0.2) is 15.6 Å². The van der Waals surface area contributed by atoms with Gasteiger partial charge in [0.2, 0.25) is 5.91 Å². The van der Waals surface area contributed by atoms with Crippen LogP contribution in [-0.2, 0) is 27.2 Å². The number of rotatable bonds is 7. The summed E-state index contributed by atoms with van der Waals surface area (Å²) in [5, 5.41) is 10.7. The lowest BCUT2D eigenvalue weighted by Gasteiger charge is -2.39.